The maximum atomic E-state index is 10.2. The van der Waals surface area contributed by atoms with Crippen molar-refractivity contribution in [1.82, 2.24) is 0 Å². The molecular formula is C10H11O+. The molecule has 1 heteroatoms. The second kappa shape index (κ2) is 3.85. The van der Waals surface area contributed by atoms with Crippen molar-refractivity contribution >= 4 is 6.29 Å². The van der Waals surface area contributed by atoms with Crippen molar-refractivity contribution < 1.29 is 4.79 Å². The van der Waals surface area contributed by atoms with Crippen molar-refractivity contribution in [1.29, 1.82) is 0 Å². The maximum Gasteiger partial charge on any atom is 0.121 e. The van der Waals surface area contributed by atoms with Gasteiger partial charge in [0.2, 0.25) is 0 Å². The highest BCUT2D eigenvalue weighted by Gasteiger charge is 2.11. The first-order chi connectivity index (χ1) is 5.34. The van der Waals surface area contributed by atoms with Crippen LogP contribution in [0.3, 0.4) is 0 Å². The van der Waals surface area contributed by atoms with Crippen LogP contribution in [0.4, 0.5) is 0 Å². The normalized spacial score (nSPS) is 17.0. The largest absolute Gasteiger partial charge is 0.303 e. The highest BCUT2D eigenvalue weighted by atomic mass is 16.1. The van der Waals surface area contributed by atoms with E-state index in [0.29, 0.717) is 12.3 Å². The Hall–Kier alpha value is -1.20. The van der Waals surface area contributed by atoms with Gasteiger partial charge >= 0.3 is 0 Å². The van der Waals surface area contributed by atoms with E-state index in [1.807, 2.05) is 31.2 Å². The third-order valence-corrected chi connectivity index (χ3v) is 1.75. The predicted molar refractivity (Wildman–Crippen MR) is 44.9 cm³/mol. The van der Waals surface area contributed by atoms with Crippen molar-refractivity contribution in [2.75, 3.05) is 0 Å². The lowest BCUT2D eigenvalue weighted by Crippen LogP contribution is -1.98. The molecule has 0 aromatic carbocycles. The van der Waals surface area contributed by atoms with Gasteiger partial charge in [0, 0.05) is 24.5 Å². The Morgan fingerprint density at radius 2 is 2.55 bits per heavy atom. The first kappa shape index (κ1) is 7.90. The number of aldehydes is 1. The molecule has 0 bridgehead atoms. The van der Waals surface area contributed by atoms with E-state index in [0.717, 1.165) is 6.29 Å². The molecule has 1 atom stereocenters. The lowest BCUT2D eigenvalue weighted by atomic mass is 9.96. The molecule has 1 nitrogen and oxygen atoms in total. The number of carbonyl (C=O) groups is 1. The second-order valence-electron chi connectivity index (χ2n) is 2.64. The zero-order valence-corrected chi connectivity index (χ0v) is 6.58. The first-order valence-corrected chi connectivity index (χ1v) is 3.74. The highest BCUT2D eigenvalue weighted by Crippen LogP contribution is 2.16. The molecule has 1 rings (SSSR count). The van der Waals surface area contributed by atoms with E-state index < -0.39 is 0 Å². The first-order valence-electron chi connectivity index (χ1n) is 3.74. The lowest BCUT2D eigenvalue weighted by molar-refractivity contribution is -0.108. The summed E-state index contributed by atoms with van der Waals surface area (Å²) in [6.07, 6.45) is 12.3. The molecule has 0 heterocycles. The summed E-state index contributed by atoms with van der Waals surface area (Å²) in [5, 5.41) is 0. The fourth-order valence-corrected chi connectivity index (χ4v) is 0.994. The SMILES string of the molecule is CC(CC=O)C1=CC=C[C+]=C1. The average molecular weight is 147 g/mol. The van der Waals surface area contributed by atoms with Gasteiger partial charge in [0.15, 0.2) is 0 Å². The molecule has 0 aromatic rings. The van der Waals surface area contributed by atoms with Crippen LogP contribution in [0.5, 0.6) is 0 Å². The molecule has 0 spiro atoms. The number of carbonyl (C=O) groups excluding carboxylic acids is 1. The zero-order chi connectivity index (χ0) is 8.10. The van der Waals surface area contributed by atoms with Gasteiger partial charge in [-0.15, -0.1) is 0 Å². The minimum Gasteiger partial charge on any atom is -0.303 e. The third kappa shape index (κ3) is 2.14. The van der Waals surface area contributed by atoms with E-state index in [-0.39, 0.29) is 0 Å². The minimum atomic E-state index is 0.324. The van der Waals surface area contributed by atoms with Crippen molar-refractivity contribution in [3.8, 4) is 0 Å². The molecule has 56 valence electrons. The van der Waals surface area contributed by atoms with Gasteiger partial charge in [-0.25, -0.2) is 0 Å². The summed E-state index contributed by atoms with van der Waals surface area (Å²) in [4.78, 5) is 10.2. The van der Waals surface area contributed by atoms with Crippen LogP contribution in [0.1, 0.15) is 13.3 Å². The van der Waals surface area contributed by atoms with Gasteiger partial charge < -0.3 is 4.79 Å². The van der Waals surface area contributed by atoms with Gasteiger partial charge in [0.05, 0.1) is 11.6 Å². The van der Waals surface area contributed by atoms with Crippen molar-refractivity contribution in [2.45, 2.75) is 13.3 Å². The van der Waals surface area contributed by atoms with E-state index in [1.54, 1.807) is 0 Å². The Bertz CT molecular complexity index is 221. The fraction of sp³-hybridized carbons (Fsp3) is 0.300. The molecule has 0 saturated carbocycles. The molecule has 0 N–H and O–H groups in total. The fourth-order valence-electron chi connectivity index (χ4n) is 0.994. The number of hydrogen-bond acceptors (Lipinski definition) is 1. The molecule has 1 aliphatic rings. The quantitative estimate of drug-likeness (QED) is 0.441. The van der Waals surface area contributed by atoms with Crippen LogP contribution in [0.2, 0.25) is 0 Å². The van der Waals surface area contributed by atoms with Crippen molar-refractivity contribution in [2.24, 2.45) is 5.92 Å². The standard InChI is InChI=1S/C10H11O/c1-9(7-8-11)10-5-3-2-4-6-10/h2-3,5-6,8-9H,7H2,1H3/q+1. The highest BCUT2D eigenvalue weighted by molar-refractivity contribution is 5.51. The average Bonchev–Trinajstić information content (AvgIpc) is 2.07. The van der Waals surface area contributed by atoms with Gasteiger partial charge in [0.1, 0.15) is 18.4 Å². The summed E-state index contributed by atoms with van der Waals surface area (Å²) in [6, 6.07) is 0. The van der Waals surface area contributed by atoms with Gasteiger partial charge in [-0.2, -0.15) is 0 Å². The van der Waals surface area contributed by atoms with E-state index in [4.69, 9.17) is 0 Å². The van der Waals surface area contributed by atoms with Crippen LogP contribution in [-0.2, 0) is 4.79 Å². The van der Waals surface area contributed by atoms with Gasteiger partial charge in [0.25, 0.3) is 0 Å². The van der Waals surface area contributed by atoms with E-state index in [9.17, 15) is 4.79 Å². The number of hydrogen-bond donors (Lipinski definition) is 0. The topological polar surface area (TPSA) is 17.1 Å². The molecule has 0 radical (unpaired) electrons. The Morgan fingerprint density at radius 1 is 1.73 bits per heavy atom. The summed E-state index contributed by atoms with van der Waals surface area (Å²) >= 11 is 0. The summed E-state index contributed by atoms with van der Waals surface area (Å²) < 4.78 is 0. The van der Waals surface area contributed by atoms with Crippen LogP contribution in [0.25, 0.3) is 0 Å². The molecule has 0 fully saturated rings. The van der Waals surface area contributed by atoms with Crippen LogP contribution in [0, 0.1) is 12.0 Å². The zero-order valence-electron chi connectivity index (χ0n) is 6.58. The smallest absolute Gasteiger partial charge is 0.121 e. The number of rotatable bonds is 3. The molecule has 0 amide bonds. The molecule has 1 unspecified atom stereocenters. The van der Waals surface area contributed by atoms with E-state index in [2.05, 4.69) is 6.08 Å². The van der Waals surface area contributed by atoms with Crippen LogP contribution in [-0.4, -0.2) is 6.29 Å². The van der Waals surface area contributed by atoms with E-state index >= 15 is 0 Å². The second-order valence-corrected chi connectivity index (χ2v) is 2.64. The van der Waals surface area contributed by atoms with Gasteiger partial charge in [-0.05, 0) is 6.92 Å². The minimum absolute atomic E-state index is 0.324. The summed E-state index contributed by atoms with van der Waals surface area (Å²) in [5.74, 6) is 0.324. The molecule has 0 aromatic heterocycles. The summed E-state index contributed by atoms with van der Waals surface area (Å²) in [5.41, 5.74) is 1.18. The van der Waals surface area contributed by atoms with Crippen LogP contribution >= 0.6 is 0 Å². The molecule has 11 heavy (non-hydrogen) atoms. The van der Waals surface area contributed by atoms with Crippen LogP contribution in [0.15, 0.2) is 29.9 Å². The summed E-state index contributed by atoms with van der Waals surface area (Å²) in [7, 11) is 0. The Kier molecular flexibility index (Phi) is 2.76. The maximum absolute atomic E-state index is 10.2. The molecule has 1 aliphatic carbocycles. The van der Waals surface area contributed by atoms with Crippen molar-refractivity contribution in [3.05, 3.63) is 36.0 Å². The molecular weight excluding hydrogens is 136 g/mol. The lowest BCUT2D eigenvalue weighted by Gasteiger charge is -2.02. The summed E-state index contributed by atoms with van der Waals surface area (Å²) in [6.45, 7) is 2.04. The van der Waals surface area contributed by atoms with Crippen molar-refractivity contribution in [3.63, 3.8) is 0 Å². The van der Waals surface area contributed by atoms with E-state index in [1.165, 1.54) is 5.57 Å². The predicted octanol–water partition coefficient (Wildman–Crippen LogP) is 2.07. The number of allylic oxidation sites excluding steroid dienone is 6. The van der Waals surface area contributed by atoms with Gasteiger partial charge in [-0.1, -0.05) is 0 Å². The Balaban J connectivity index is 2.60. The third-order valence-electron chi connectivity index (χ3n) is 1.75. The van der Waals surface area contributed by atoms with Gasteiger partial charge in [-0.3, -0.25) is 0 Å². The molecule has 0 saturated heterocycles. The molecule has 0 aliphatic heterocycles. The van der Waals surface area contributed by atoms with Crippen LogP contribution < -0.4 is 0 Å². The monoisotopic (exact) mass is 147 g/mol. The Morgan fingerprint density at radius 3 is 3.09 bits per heavy atom. The Labute approximate surface area is 67.1 Å².